The molecule has 3 saturated carbocycles. The molecule has 0 spiro atoms. The van der Waals surface area contributed by atoms with E-state index in [4.69, 9.17) is 9.47 Å². The van der Waals surface area contributed by atoms with E-state index < -0.39 is 0 Å². The number of rotatable bonds is 6. The lowest BCUT2D eigenvalue weighted by Crippen LogP contribution is -2.32. The molecule has 160 valence electrons. The molecule has 3 aliphatic rings. The van der Waals surface area contributed by atoms with E-state index in [1.807, 2.05) is 0 Å². The van der Waals surface area contributed by atoms with E-state index in [1.54, 1.807) is 0 Å². The van der Waals surface area contributed by atoms with Gasteiger partial charge in [-0.25, -0.2) is 0 Å². The van der Waals surface area contributed by atoms with Crippen molar-refractivity contribution in [2.45, 2.75) is 90.9 Å². The molecule has 0 aromatic carbocycles. The number of carbonyl (C=O) groups is 2. The zero-order valence-corrected chi connectivity index (χ0v) is 18.0. The maximum atomic E-state index is 12.6. The third-order valence-electron chi connectivity index (χ3n) is 7.35. The summed E-state index contributed by atoms with van der Waals surface area (Å²) in [5.74, 6) is 2.12. The third-order valence-corrected chi connectivity index (χ3v) is 7.35. The molecule has 4 nitrogen and oxygen atoms in total. The van der Waals surface area contributed by atoms with E-state index in [-0.39, 0.29) is 23.8 Å². The van der Waals surface area contributed by atoms with E-state index in [0.29, 0.717) is 31.5 Å². The van der Waals surface area contributed by atoms with E-state index in [0.717, 1.165) is 31.1 Å². The second kappa shape index (κ2) is 10.6. The first-order valence-corrected chi connectivity index (χ1v) is 11.8. The fourth-order valence-corrected chi connectivity index (χ4v) is 5.68. The van der Waals surface area contributed by atoms with Gasteiger partial charge in [-0.3, -0.25) is 9.59 Å². The average molecular weight is 393 g/mol. The Morgan fingerprint density at radius 3 is 1.50 bits per heavy atom. The number of hydrogen-bond donors (Lipinski definition) is 0. The summed E-state index contributed by atoms with van der Waals surface area (Å²) in [4.78, 5) is 25.1. The minimum Gasteiger partial charge on any atom is -0.465 e. The minimum atomic E-state index is -0.123. The molecule has 0 aromatic heterocycles. The molecule has 3 fully saturated rings. The largest absolute Gasteiger partial charge is 0.465 e. The molecule has 4 heteroatoms. The molecule has 28 heavy (non-hydrogen) atoms. The topological polar surface area (TPSA) is 52.6 Å². The highest BCUT2D eigenvalue weighted by atomic mass is 16.5. The highest BCUT2D eigenvalue weighted by Gasteiger charge is 2.34. The summed E-state index contributed by atoms with van der Waals surface area (Å²) in [6.45, 7) is 5.71. The Kier molecular flexibility index (Phi) is 8.23. The molecule has 0 saturated heterocycles. The number of esters is 2. The summed E-state index contributed by atoms with van der Waals surface area (Å²) in [6, 6.07) is 0. The molecule has 6 atom stereocenters. The Balaban J connectivity index is 1.38. The van der Waals surface area contributed by atoms with Crippen LogP contribution < -0.4 is 0 Å². The Bertz CT molecular complexity index is 473. The Morgan fingerprint density at radius 2 is 1.07 bits per heavy atom. The van der Waals surface area contributed by atoms with Gasteiger partial charge in [0.1, 0.15) is 0 Å². The number of carbonyl (C=O) groups excluding carboxylic acids is 2. The molecule has 0 radical (unpaired) electrons. The van der Waals surface area contributed by atoms with Gasteiger partial charge in [0.05, 0.1) is 25.0 Å². The van der Waals surface area contributed by atoms with Crippen LogP contribution in [0.15, 0.2) is 0 Å². The van der Waals surface area contributed by atoms with Gasteiger partial charge in [-0.15, -0.1) is 0 Å². The first kappa shape index (κ1) is 21.6. The summed E-state index contributed by atoms with van der Waals surface area (Å²) in [5.41, 5.74) is 0. The molecule has 0 amide bonds. The average Bonchev–Trinajstić information content (AvgIpc) is 2.70. The van der Waals surface area contributed by atoms with Crippen LogP contribution >= 0.6 is 0 Å². The van der Waals surface area contributed by atoms with Gasteiger partial charge in [-0.1, -0.05) is 46.0 Å². The molecule has 0 N–H and O–H groups in total. The lowest BCUT2D eigenvalue weighted by Gasteiger charge is -2.30. The predicted molar refractivity (Wildman–Crippen MR) is 110 cm³/mol. The van der Waals surface area contributed by atoms with Gasteiger partial charge in [-0.05, 0) is 68.6 Å². The first-order chi connectivity index (χ1) is 13.5. The van der Waals surface area contributed by atoms with Crippen LogP contribution in [0.1, 0.15) is 90.9 Å². The van der Waals surface area contributed by atoms with Gasteiger partial charge in [0.15, 0.2) is 0 Å². The van der Waals surface area contributed by atoms with Gasteiger partial charge in [0.25, 0.3) is 0 Å². The zero-order chi connectivity index (χ0) is 19.9. The normalized spacial score (nSPS) is 36.5. The van der Waals surface area contributed by atoms with Crippen LogP contribution in [0.2, 0.25) is 0 Å². The van der Waals surface area contributed by atoms with Gasteiger partial charge in [-0.2, -0.15) is 0 Å². The minimum absolute atomic E-state index is 0.0863. The maximum absolute atomic E-state index is 12.6. The van der Waals surface area contributed by atoms with Crippen LogP contribution in [-0.2, 0) is 19.1 Å². The summed E-state index contributed by atoms with van der Waals surface area (Å²) < 4.78 is 11.3. The van der Waals surface area contributed by atoms with E-state index >= 15 is 0 Å². The van der Waals surface area contributed by atoms with Gasteiger partial charge in [0, 0.05) is 0 Å². The molecule has 0 bridgehead atoms. The van der Waals surface area contributed by atoms with Crippen LogP contribution in [0.4, 0.5) is 0 Å². The molecule has 0 heterocycles. The smallest absolute Gasteiger partial charge is 0.308 e. The fourth-order valence-electron chi connectivity index (χ4n) is 5.68. The predicted octanol–water partition coefficient (Wildman–Crippen LogP) is 5.53. The number of ether oxygens (including phenoxy) is 2. The van der Waals surface area contributed by atoms with Crippen LogP contribution in [0.3, 0.4) is 0 Å². The van der Waals surface area contributed by atoms with Crippen LogP contribution in [-0.4, -0.2) is 25.2 Å². The molecule has 6 unspecified atom stereocenters. The van der Waals surface area contributed by atoms with Crippen molar-refractivity contribution in [1.82, 2.24) is 0 Å². The summed E-state index contributed by atoms with van der Waals surface area (Å²) >= 11 is 0. The van der Waals surface area contributed by atoms with Crippen molar-refractivity contribution in [2.75, 3.05) is 13.2 Å². The van der Waals surface area contributed by atoms with Crippen LogP contribution in [0, 0.1) is 35.5 Å². The van der Waals surface area contributed by atoms with Crippen molar-refractivity contribution in [3.05, 3.63) is 0 Å². The fraction of sp³-hybridized carbons (Fsp3) is 0.917. The van der Waals surface area contributed by atoms with E-state index in [1.165, 1.54) is 51.4 Å². The van der Waals surface area contributed by atoms with Crippen molar-refractivity contribution in [3.63, 3.8) is 0 Å². The molecular formula is C24H40O4. The van der Waals surface area contributed by atoms with Gasteiger partial charge in [0.2, 0.25) is 0 Å². The van der Waals surface area contributed by atoms with Crippen molar-refractivity contribution in [3.8, 4) is 0 Å². The highest BCUT2D eigenvalue weighted by molar-refractivity contribution is 5.76. The zero-order valence-electron chi connectivity index (χ0n) is 18.0. The molecule has 0 aliphatic heterocycles. The van der Waals surface area contributed by atoms with Crippen LogP contribution in [0.5, 0.6) is 0 Å². The Hall–Kier alpha value is -1.06. The molecular weight excluding hydrogens is 352 g/mol. The first-order valence-electron chi connectivity index (χ1n) is 11.8. The number of hydrogen-bond acceptors (Lipinski definition) is 4. The third kappa shape index (κ3) is 6.49. The maximum Gasteiger partial charge on any atom is 0.308 e. The molecule has 0 aromatic rings. The summed E-state index contributed by atoms with van der Waals surface area (Å²) in [6.07, 6.45) is 13.0. The Labute approximate surface area is 171 Å². The monoisotopic (exact) mass is 392 g/mol. The second-order valence-corrected chi connectivity index (χ2v) is 10.1. The van der Waals surface area contributed by atoms with E-state index in [9.17, 15) is 9.59 Å². The lowest BCUT2D eigenvalue weighted by molar-refractivity contribution is -0.157. The standard InChI is InChI=1S/C24H40O4/c1-17-6-3-8-19(12-17)15-27-23(25)21-10-5-11-22(14-21)24(26)28-16-20-9-4-7-18(2)13-20/h17-22H,3-16H2,1-2H3. The van der Waals surface area contributed by atoms with Gasteiger partial charge >= 0.3 is 11.9 Å². The van der Waals surface area contributed by atoms with Crippen molar-refractivity contribution < 1.29 is 19.1 Å². The van der Waals surface area contributed by atoms with Gasteiger partial charge < -0.3 is 9.47 Å². The van der Waals surface area contributed by atoms with Crippen molar-refractivity contribution >= 4 is 11.9 Å². The summed E-state index contributed by atoms with van der Waals surface area (Å²) in [7, 11) is 0. The van der Waals surface area contributed by atoms with Crippen molar-refractivity contribution in [2.24, 2.45) is 35.5 Å². The molecule has 3 aliphatic carbocycles. The second-order valence-electron chi connectivity index (χ2n) is 10.1. The SMILES string of the molecule is CC1CCCC(COC(=O)C2CCCC(C(=O)OCC3CCCC(C)C3)C2)C1. The molecule has 3 rings (SSSR count). The highest BCUT2D eigenvalue weighted by Crippen LogP contribution is 2.33. The quantitative estimate of drug-likeness (QED) is 0.558. The summed E-state index contributed by atoms with van der Waals surface area (Å²) in [5, 5.41) is 0. The van der Waals surface area contributed by atoms with Crippen molar-refractivity contribution in [1.29, 1.82) is 0 Å². The van der Waals surface area contributed by atoms with E-state index in [2.05, 4.69) is 13.8 Å². The Morgan fingerprint density at radius 1 is 0.643 bits per heavy atom. The lowest BCUT2D eigenvalue weighted by atomic mass is 9.81. The van der Waals surface area contributed by atoms with Crippen LogP contribution in [0.25, 0.3) is 0 Å².